The molecule has 0 bridgehead atoms. The lowest BCUT2D eigenvalue weighted by atomic mass is 10.2. The molecule has 2 rings (SSSR count). The summed E-state index contributed by atoms with van der Waals surface area (Å²) in [4.78, 5) is 35.0. The van der Waals surface area contributed by atoms with E-state index in [0.29, 0.717) is 22.1 Å². The Kier molecular flexibility index (Phi) is 7.40. The van der Waals surface area contributed by atoms with Gasteiger partial charge >= 0.3 is 5.97 Å². The molecule has 1 unspecified atom stereocenters. The molecule has 148 valence electrons. The SMILES string of the molecule is CC(=O)Nc1ccc(NC(=O)COC(=O)C(C)Oc2ccc(Cl)cc2C)cc1. The molecule has 0 saturated carbocycles. The number of rotatable bonds is 7. The summed E-state index contributed by atoms with van der Waals surface area (Å²) in [7, 11) is 0. The fourth-order valence-electron chi connectivity index (χ4n) is 2.27. The van der Waals surface area contributed by atoms with Gasteiger partial charge in [-0.3, -0.25) is 9.59 Å². The van der Waals surface area contributed by atoms with Crippen molar-refractivity contribution in [2.24, 2.45) is 0 Å². The van der Waals surface area contributed by atoms with Gasteiger partial charge in [0.05, 0.1) is 0 Å². The molecule has 28 heavy (non-hydrogen) atoms. The zero-order valence-corrected chi connectivity index (χ0v) is 16.5. The third kappa shape index (κ3) is 6.59. The van der Waals surface area contributed by atoms with E-state index in [2.05, 4.69) is 10.6 Å². The highest BCUT2D eigenvalue weighted by Crippen LogP contribution is 2.23. The Morgan fingerprint density at radius 2 is 1.64 bits per heavy atom. The Morgan fingerprint density at radius 3 is 2.21 bits per heavy atom. The maximum Gasteiger partial charge on any atom is 0.347 e. The molecule has 0 aromatic heterocycles. The number of anilines is 2. The summed E-state index contributed by atoms with van der Waals surface area (Å²) in [5, 5.41) is 5.79. The summed E-state index contributed by atoms with van der Waals surface area (Å²) in [6.07, 6.45) is -0.885. The van der Waals surface area contributed by atoms with Crippen LogP contribution in [0.15, 0.2) is 42.5 Å². The highest BCUT2D eigenvalue weighted by Gasteiger charge is 2.18. The summed E-state index contributed by atoms with van der Waals surface area (Å²) in [6.45, 7) is 4.31. The molecule has 0 aliphatic rings. The molecule has 0 heterocycles. The van der Waals surface area contributed by atoms with E-state index in [4.69, 9.17) is 21.1 Å². The van der Waals surface area contributed by atoms with Crippen LogP contribution in [0.25, 0.3) is 0 Å². The predicted molar refractivity (Wildman–Crippen MR) is 107 cm³/mol. The fraction of sp³-hybridized carbons (Fsp3) is 0.250. The van der Waals surface area contributed by atoms with E-state index in [-0.39, 0.29) is 5.91 Å². The van der Waals surface area contributed by atoms with Crippen molar-refractivity contribution in [3.05, 3.63) is 53.1 Å². The average Bonchev–Trinajstić information content (AvgIpc) is 2.63. The van der Waals surface area contributed by atoms with Crippen LogP contribution in [-0.4, -0.2) is 30.5 Å². The molecule has 2 aromatic carbocycles. The number of amides is 2. The number of carbonyl (C=O) groups is 3. The quantitative estimate of drug-likeness (QED) is 0.688. The van der Waals surface area contributed by atoms with Crippen molar-refractivity contribution in [2.45, 2.75) is 26.9 Å². The molecule has 0 aliphatic carbocycles. The number of halogens is 1. The predicted octanol–water partition coefficient (Wildman–Crippen LogP) is 3.56. The largest absolute Gasteiger partial charge is 0.479 e. The Bertz CT molecular complexity index is 867. The van der Waals surface area contributed by atoms with Crippen LogP contribution in [0.5, 0.6) is 5.75 Å². The number of nitrogens with one attached hydrogen (secondary N) is 2. The summed E-state index contributed by atoms with van der Waals surface area (Å²) >= 11 is 5.89. The summed E-state index contributed by atoms with van der Waals surface area (Å²) < 4.78 is 10.5. The Morgan fingerprint density at radius 1 is 1.04 bits per heavy atom. The van der Waals surface area contributed by atoms with Crippen molar-refractivity contribution in [2.75, 3.05) is 17.2 Å². The standard InChI is InChI=1S/C20H21ClN2O5/c1-12-10-15(21)4-9-18(12)28-13(2)20(26)27-11-19(25)23-17-7-5-16(6-8-17)22-14(3)24/h4-10,13H,11H2,1-3H3,(H,22,24)(H,23,25). The van der Waals surface area contributed by atoms with Gasteiger partial charge in [-0.25, -0.2) is 4.79 Å². The van der Waals surface area contributed by atoms with Gasteiger partial charge in [0, 0.05) is 23.3 Å². The first-order valence-electron chi connectivity index (χ1n) is 8.51. The minimum Gasteiger partial charge on any atom is -0.479 e. The van der Waals surface area contributed by atoms with Crippen LogP contribution in [0.3, 0.4) is 0 Å². The topological polar surface area (TPSA) is 93.7 Å². The van der Waals surface area contributed by atoms with Crippen molar-refractivity contribution in [1.82, 2.24) is 0 Å². The minimum absolute atomic E-state index is 0.186. The van der Waals surface area contributed by atoms with E-state index in [9.17, 15) is 14.4 Å². The summed E-state index contributed by atoms with van der Waals surface area (Å²) in [5.41, 5.74) is 1.91. The van der Waals surface area contributed by atoms with E-state index in [1.807, 2.05) is 6.92 Å². The number of hydrogen-bond donors (Lipinski definition) is 2. The van der Waals surface area contributed by atoms with Gasteiger partial charge in [-0.1, -0.05) is 11.6 Å². The average molecular weight is 405 g/mol. The highest BCUT2D eigenvalue weighted by atomic mass is 35.5. The van der Waals surface area contributed by atoms with Crippen molar-refractivity contribution in [3.63, 3.8) is 0 Å². The zero-order valence-electron chi connectivity index (χ0n) is 15.7. The Balaban J connectivity index is 1.81. The molecule has 0 fully saturated rings. The molecule has 7 nitrogen and oxygen atoms in total. The number of carbonyl (C=O) groups excluding carboxylic acids is 3. The lowest BCUT2D eigenvalue weighted by Gasteiger charge is -2.15. The molecule has 0 saturated heterocycles. The molecule has 2 amide bonds. The fourth-order valence-corrected chi connectivity index (χ4v) is 2.50. The van der Waals surface area contributed by atoms with Gasteiger partial charge in [-0.15, -0.1) is 0 Å². The van der Waals surface area contributed by atoms with Crippen molar-refractivity contribution in [3.8, 4) is 5.75 Å². The van der Waals surface area contributed by atoms with E-state index in [1.165, 1.54) is 13.8 Å². The van der Waals surface area contributed by atoms with Crippen LogP contribution in [0.1, 0.15) is 19.4 Å². The van der Waals surface area contributed by atoms with Crippen LogP contribution >= 0.6 is 11.6 Å². The highest BCUT2D eigenvalue weighted by molar-refractivity contribution is 6.30. The van der Waals surface area contributed by atoms with Gasteiger partial charge in [0.1, 0.15) is 5.75 Å². The number of hydrogen-bond acceptors (Lipinski definition) is 5. The molecule has 8 heteroatoms. The van der Waals surface area contributed by atoms with Gasteiger partial charge in [-0.2, -0.15) is 0 Å². The van der Waals surface area contributed by atoms with Crippen LogP contribution in [0.2, 0.25) is 5.02 Å². The molecule has 0 spiro atoms. The maximum absolute atomic E-state index is 12.0. The second kappa shape index (κ2) is 9.75. The first kappa shape index (κ1) is 21.2. The van der Waals surface area contributed by atoms with E-state index in [0.717, 1.165) is 5.56 Å². The van der Waals surface area contributed by atoms with Gasteiger partial charge in [-0.05, 0) is 61.9 Å². The van der Waals surface area contributed by atoms with E-state index < -0.39 is 24.6 Å². The molecule has 0 aliphatic heterocycles. The Hall–Kier alpha value is -3.06. The minimum atomic E-state index is -0.885. The van der Waals surface area contributed by atoms with Gasteiger partial charge < -0.3 is 20.1 Å². The number of aryl methyl sites for hydroxylation is 1. The normalized spacial score (nSPS) is 11.3. The number of ether oxygens (including phenoxy) is 2. The monoisotopic (exact) mass is 404 g/mol. The lowest BCUT2D eigenvalue weighted by molar-refractivity contribution is -0.153. The number of benzene rings is 2. The zero-order chi connectivity index (χ0) is 20.7. The van der Waals surface area contributed by atoms with Gasteiger partial charge in [0.25, 0.3) is 5.91 Å². The van der Waals surface area contributed by atoms with Crippen LogP contribution < -0.4 is 15.4 Å². The molecule has 0 radical (unpaired) electrons. The van der Waals surface area contributed by atoms with E-state index >= 15 is 0 Å². The molecule has 1 atom stereocenters. The lowest BCUT2D eigenvalue weighted by Crippen LogP contribution is -2.30. The second-order valence-electron chi connectivity index (χ2n) is 6.08. The summed E-state index contributed by atoms with van der Waals surface area (Å²) in [5.74, 6) is -0.826. The van der Waals surface area contributed by atoms with Gasteiger partial charge in [0.2, 0.25) is 5.91 Å². The maximum atomic E-state index is 12.0. The first-order valence-corrected chi connectivity index (χ1v) is 8.89. The molecule has 2 N–H and O–H groups in total. The summed E-state index contributed by atoms with van der Waals surface area (Å²) in [6, 6.07) is 11.6. The third-order valence-corrected chi connectivity index (χ3v) is 3.84. The van der Waals surface area contributed by atoms with Crippen LogP contribution in [0.4, 0.5) is 11.4 Å². The molecular formula is C20H21ClN2O5. The number of esters is 1. The van der Waals surface area contributed by atoms with Crippen molar-refractivity contribution < 1.29 is 23.9 Å². The molecular weight excluding hydrogens is 384 g/mol. The Labute approximate surface area is 168 Å². The van der Waals surface area contributed by atoms with Gasteiger partial charge in [0.15, 0.2) is 12.7 Å². The molecule has 2 aromatic rings. The smallest absolute Gasteiger partial charge is 0.347 e. The first-order chi connectivity index (χ1) is 13.2. The van der Waals surface area contributed by atoms with E-state index in [1.54, 1.807) is 42.5 Å². The van der Waals surface area contributed by atoms with Crippen molar-refractivity contribution >= 4 is 40.8 Å². The third-order valence-electron chi connectivity index (χ3n) is 3.61. The van der Waals surface area contributed by atoms with Crippen LogP contribution in [0, 0.1) is 6.92 Å². The second-order valence-corrected chi connectivity index (χ2v) is 6.52. The van der Waals surface area contributed by atoms with Crippen molar-refractivity contribution in [1.29, 1.82) is 0 Å². The van der Waals surface area contributed by atoms with Crippen LogP contribution in [-0.2, 0) is 19.1 Å².